The van der Waals surface area contributed by atoms with E-state index in [1.165, 1.54) is 28.7 Å². The van der Waals surface area contributed by atoms with Crippen molar-refractivity contribution in [2.45, 2.75) is 60.0 Å². The minimum atomic E-state index is 0.398. The van der Waals surface area contributed by atoms with E-state index in [0.717, 1.165) is 12.5 Å². The van der Waals surface area contributed by atoms with Crippen molar-refractivity contribution in [2.75, 3.05) is 20.6 Å². The molecule has 1 N–H and O–H groups in total. The standard InChI is InChI=1S/C19H34N2/c1-13(2)9-18(12-21(7)8)20-17(6)19-15(4)10-14(3)11-16(19)5/h10-11,13,17-18,20H,9,12H2,1-8H3. The van der Waals surface area contributed by atoms with E-state index in [4.69, 9.17) is 0 Å². The lowest BCUT2D eigenvalue weighted by molar-refractivity contribution is 0.290. The first kappa shape index (κ1) is 18.2. The molecule has 2 heteroatoms. The van der Waals surface area contributed by atoms with Gasteiger partial charge in [0.15, 0.2) is 0 Å². The maximum Gasteiger partial charge on any atom is 0.0300 e. The average Bonchev–Trinajstić information content (AvgIpc) is 2.24. The Bertz CT molecular complexity index is 416. The monoisotopic (exact) mass is 290 g/mol. The zero-order chi connectivity index (χ0) is 16.2. The van der Waals surface area contributed by atoms with Crippen LogP contribution in [0.25, 0.3) is 0 Å². The van der Waals surface area contributed by atoms with Crippen LogP contribution in [0, 0.1) is 26.7 Å². The Kier molecular flexibility index (Phi) is 6.89. The van der Waals surface area contributed by atoms with Crippen molar-refractivity contribution in [1.29, 1.82) is 0 Å². The highest BCUT2D eigenvalue weighted by Gasteiger charge is 2.18. The zero-order valence-corrected chi connectivity index (χ0v) is 15.2. The van der Waals surface area contributed by atoms with Gasteiger partial charge in [0.25, 0.3) is 0 Å². The lowest BCUT2D eigenvalue weighted by atomic mass is 9.93. The molecule has 120 valence electrons. The van der Waals surface area contributed by atoms with Crippen LogP contribution in [0.1, 0.15) is 55.5 Å². The predicted molar refractivity (Wildman–Crippen MR) is 94.0 cm³/mol. The summed E-state index contributed by atoms with van der Waals surface area (Å²) in [5.41, 5.74) is 5.63. The maximum atomic E-state index is 3.86. The summed E-state index contributed by atoms with van der Waals surface area (Å²) in [4.78, 5) is 2.28. The van der Waals surface area contributed by atoms with Crippen LogP contribution in [0.4, 0.5) is 0 Å². The second kappa shape index (κ2) is 7.95. The molecule has 0 bridgehead atoms. The van der Waals surface area contributed by atoms with Gasteiger partial charge in [0, 0.05) is 18.6 Å². The summed E-state index contributed by atoms with van der Waals surface area (Å²) in [7, 11) is 4.31. The van der Waals surface area contributed by atoms with Crippen LogP contribution < -0.4 is 5.32 Å². The molecule has 1 aromatic rings. The Morgan fingerprint density at radius 3 is 1.95 bits per heavy atom. The summed E-state index contributed by atoms with van der Waals surface area (Å²) in [6.45, 7) is 14.6. The number of nitrogens with zero attached hydrogens (tertiary/aromatic N) is 1. The molecule has 1 rings (SSSR count). The molecule has 2 nitrogen and oxygen atoms in total. The van der Waals surface area contributed by atoms with Gasteiger partial charge in [0.2, 0.25) is 0 Å². The number of hydrogen-bond acceptors (Lipinski definition) is 2. The second-order valence-electron chi connectivity index (χ2n) is 7.29. The van der Waals surface area contributed by atoms with Crippen molar-refractivity contribution >= 4 is 0 Å². The largest absolute Gasteiger partial charge is 0.308 e. The van der Waals surface area contributed by atoms with Crippen molar-refractivity contribution in [1.82, 2.24) is 10.2 Å². The van der Waals surface area contributed by atoms with Gasteiger partial charge in [-0.25, -0.2) is 0 Å². The van der Waals surface area contributed by atoms with Crippen molar-refractivity contribution < 1.29 is 0 Å². The van der Waals surface area contributed by atoms with Gasteiger partial charge in [-0.1, -0.05) is 31.5 Å². The number of benzene rings is 1. The maximum absolute atomic E-state index is 3.86. The van der Waals surface area contributed by atoms with E-state index < -0.39 is 0 Å². The molecule has 0 radical (unpaired) electrons. The third-order valence-electron chi connectivity index (χ3n) is 4.00. The van der Waals surface area contributed by atoms with Crippen LogP contribution >= 0.6 is 0 Å². The van der Waals surface area contributed by atoms with E-state index in [-0.39, 0.29) is 0 Å². The summed E-state index contributed by atoms with van der Waals surface area (Å²) in [6.07, 6.45) is 1.21. The van der Waals surface area contributed by atoms with E-state index in [2.05, 4.69) is 78.0 Å². The third-order valence-corrected chi connectivity index (χ3v) is 4.00. The molecule has 2 unspecified atom stereocenters. The Labute approximate surface area is 131 Å². The fourth-order valence-corrected chi connectivity index (χ4v) is 3.52. The number of rotatable bonds is 7. The van der Waals surface area contributed by atoms with Gasteiger partial charge in [0.1, 0.15) is 0 Å². The summed E-state index contributed by atoms with van der Waals surface area (Å²) >= 11 is 0. The van der Waals surface area contributed by atoms with E-state index in [9.17, 15) is 0 Å². The van der Waals surface area contributed by atoms with Gasteiger partial charge in [0.05, 0.1) is 0 Å². The normalized spacial score (nSPS) is 14.8. The Hall–Kier alpha value is -0.860. The SMILES string of the molecule is Cc1cc(C)c(C(C)NC(CC(C)C)CN(C)C)c(C)c1. The van der Waals surface area contributed by atoms with Crippen molar-refractivity contribution in [2.24, 2.45) is 5.92 Å². The second-order valence-corrected chi connectivity index (χ2v) is 7.29. The van der Waals surface area contributed by atoms with Crippen LogP contribution in [-0.4, -0.2) is 31.6 Å². The smallest absolute Gasteiger partial charge is 0.0300 e. The van der Waals surface area contributed by atoms with Gasteiger partial charge < -0.3 is 10.2 Å². The molecular formula is C19H34N2. The fraction of sp³-hybridized carbons (Fsp3) is 0.684. The van der Waals surface area contributed by atoms with Gasteiger partial charge in [-0.2, -0.15) is 0 Å². The molecule has 0 saturated heterocycles. The number of likely N-dealkylation sites (N-methyl/N-ethyl adjacent to an activating group) is 1. The highest BCUT2D eigenvalue weighted by molar-refractivity contribution is 5.39. The summed E-state index contributed by atoms with van der Waals surface area (Å²) in [5, 5.41) is 3.86. The van der Waals surface area contributed by atoms with E-state index >= 15 is 0 Å². The Morgan fingerprint density at radius 1 is 1.00 bits per heavy atom. The zero-order valence-electron chi connectivity index (χ0n) is 15.2. The topological polar surface area (TPSA) is 15.3 Å². The first-order chi connectivity index (χ1) is 9.70. The lowest BCUT2D eigenvalue weighted by Gasteiger charge is -2.29. The highest BCUT2D eigenvalue weighted by Crippen LogP contribution is 2.24. The summed E-state index contributed by atoms with van der Waals surface area (Å²) < 4.78 is 0. The van der Waals surface area contributed by atoms with Crippen molar-refractivity contribution in [3.8, 4) is 0 Å². The molecule has 0 aliphatic rings. The van der Waals surface area contributed by atoms with Gasteiger partial charge in [-0.3, -0.25) is 0 Å². The van der Waals surface area contributed by atoms with E-state index in [1.54, 1.807) is 0 Å². The molecule has 0 aromatic heterocycles. The number of aryl methyl sites for hydroxylation is 3. The number of hydrogen-bond donors (Lipinski definition) is 1. The molecule has 0 heterocycles. The van der Waals surface area contributed by atoms with Crippen molar-refractivity contribution in [3.63, 3.8) is 0 Å². The molecular weight excluding hydrogens is 256 g/mol. The molecule has 1 aromatic carbocycles. The van der Waals surface area contributed by atoms with Crippen LogP contribution in [0.2, 0.25) is 0 Å². The van der Waals surface area contributed by atoms with Crippen molar-refractivity contribution in [3.05, 3.63) is 34.4 Å². The van der Waals surface area contributed by atoms with E-state index in [0.29, 0.717) is 12.1 Å². The van der Waals surface area contributed by atoms with Crippen LogP contribution in [0.3, 0.4) is 0 Å². The van der Waals surface area contributed by atoms with Gasteiger partial charge in [-0.15, -0.1) is 0 Å². The first-order valence-corrected chi connectivity index (χ1v) is 8.19. The van der Waals surface area contributed by atoms with E-state index in [1.807, 2.05) is 0 Å². The highest BCUT2D eigenvalue weighted by atomic mass is 15.1. The van der Waals surface area contributed by atoms with Gasteiger partial charge in [-0.05, 0) is 70.8 Å². The molecule has 0 fully saturated rings. The molecule has 0 aliphatic carbocycles. The fourth-order valence-electron chi connectivity index (χ4n) is 3.52. The quantitative estimate of drug-likeness (QED) is 0.808. The molecule has 0 saturated carbocycles. The molecule has 0 amide bonds. The minimum absolute atomic E-state index is 0.398. The number of nitrogens with one attached hydrogen (secondary N) is 1. The van der Waals surface area contributed by atoms with Gasteiger partial charge >= 0.3 is 0 Å². The minimum Gasteiger partial charge on any atom is -0.308 e. The Morgan fingerprint density at radius 2 is 1.52 bits per heavy atom. The Balaban J connectivity index is 2.88. The predicted octanol–water partition coefficient (Wildman–Crippen LogP) is 4.24. The average molecular weight is 290 g/mol. The lowest BCUT2D eigenvalue weighted by Crippen LogP contribution is -2.40. The summed E-state index contributed by atoms with van der Waals surface area (Å²) in [6, 6.07) is 5.53. The third kappa shape index (κ3) is 5.80. The van der Waals surface area contributed by atoms with Crippen LogP contribution in [0.5, 0.6) is 0 Å². The molecule has 2 atom stereocenters. The molecule has 0 spiro atoms. The van der Waals surface area contributed by atoms with Crippen LogP contribution in [-0.2, 0) is 0 Å². The first-order valence-electron chi connectivity index (χ1n) is 8.19. The molecule has 21 heavy (non-hydrogen) atoms. The summed E-state index contributed by atoms with van der Waals surface area (Å²) in [5.74, 6) is 0.717. The molecule has 0 aliphatic heterocycles. The van der Waals surface area contributed by atoms with Crippen LogP contribution in [0.15, 0.2) is 12.1 Å².